The summed E-state index contributed by atoms with van der Waals surface area (Å²) in [5, 5.41) is 18.5. The van der Waals surface area contributed by atoms with E-state index in [1.54, 1.807) is 22.9 Å². The van der Waals surface area contributed by atoms with Gasteiger partial charge in [0.25, 0.3) is 0 Å². The van der Waals surface area contributed by atoms with Gasteiger partial charge in [-0.15, -0.1) is 17.7 Å². The van der Waals surface area contributed by atoms with Gasteiger partial charge in [-0.1, -0.05) is 45.4 Å². The lowest BCUT2D eigenvalue weighted by atomic mass is 10.1. The summed E-state index contributed by atoms with van der Waals surface area (Å²) >= 11 is 7.76. The van der Waals surface area contributed by atoms with Gasteiger partial charge >= 0.3 is 0 Å². The van der Waals surface area contributed by atoms with Crippen molar-refractivity contribution in [1.82, 2.24) is 15.0 Å². The van der Waals surface area contributed by atoms with Crippen molar-refractivity contribution in [3.63, 3.8) is 0 Å². The Hall–Kier alpha value is -1.79. The van der Waals surface area contributed by atoms with E-state index >= 15 is 0 Å². The lowest BCUT2D eigenvalue weighted by Gasteiger charge is -2.08. The van der Waals surface area contributed by atoms with Gasteiger partial charge in [-0.2, -0.15) is 0 Å². The molecule has 0 aliphatic rings. The highest BCUT2D eigenvalue weighted by molar-refractivity contribution is 9.10. The number of phenolic OH excluding ortho intramolecular Hbond substituents is 1. The summed E-state index contributed by atoms with van der Waals surface area (Å²) in [5.41, 5.74) is 2.23. The van der Waals surface area contributed by atoms with E-state index in [0.29, 0.717) is 10.7 Å². The molecule has 100 valence electrons. The molecule has 0 saturated carbocycles. The average Bonchev–Trinajstić information content (AvgIpc) is 2.82. The Kier molecular flexibility index (Phi) is 3.50. The first kappa shape index (κ1) is 13.2. The molecule has 1 N–H and O–H groups in total. The predicted molar refractivity (Wildman–Crippen MR) is 83.4 cm³/mol. The number of aromatic nitrogens is 3. The number of benzene rings is 2. The smallest absolute Gasteiger partial charge is 0.144 e. The fourth-order valence-electron chi connectivity index (χ4n) is 1.94. The first-order valence-corrected chi connectivity index (χ1v) is 7.10. The highest BCUT2D eigenvalue weighted by Gasteiger charge is 2.15. The summed E-state index contributed by atoms with van der Waals surface area (Å²) in [5.74, 6) is 0.143. The van der Waals surface area contributed by atoms with E-state index in [2.05, 4.69) is 38.9 Å². The van der Waals surface area contributed by atoms with Crippen LogP contribution >= 0.6 is 28.6 Å². The Labute approximate surface area is 129 Å². The molecule has 0 radical (unpaired) electrons. The SMILES string of the molecule is Oc1ccccc1-n1nnc(S)c1-c1ccc(Br)cc1. The highest BCUT2D eigenvalue weighted by Crippen LogP contribution is 2.31. The molecule has 1 heterocycles. The van der Waals surface area contributed by atoms with Crippen molar-refractivity contribution in [2.45, 2.75) is 5.03 Å². The molecule has 0 aliphatic heterocycles. The zero-order chi connectivity index (χ0) is 14.1. The van der Waals surface area contributed by atoms with E-state index in [-0.39, 0.29) is 5.75 Å². The fourth-order valence-corrected chi connectivity index (χ4v) is 2.47. The van der Waals surface area contributed by atoms with Crippen LogP contribution in [0.3, 0.4) is 0 Å². The molecular formula is C14H10BrN3OS. The molecule has 4 nitrogen and oxygen atoms in total. The van der Waals surface area contributed by atoms with Crippen molar-refractivity contribution in [2.75, 3.05) is 0 Å². The molecule has 0 saturated heterocycles. The van der Waals surface area contributed by atoms with Crippen molar-refractivity contribution in [3.8, 4) is 22.7 Å². The first-order valence-electron chi connectivity index (χ1n) is 5.86. The van der Waals surface area contributed by atoms with Gasteiger partial charge in [0.1, 0.15) is 22.2 Å². The Bertz CT molecular complexity index is 755. The van der Waals surface area contributed by atoms with Crippen LogP contribution in [0.4, 0.5) is 0 Å². The second kappa shape index (κ2) is 5.30. The summed E-state index contributed by atoms with van der Waals surface area (Å²) < 4.78 is 2.57. The zero-order valence-electron chi connectivity index (χ0n) is 10.2. The number of nitrogens with zero attached hydrogens (tertiary/aromatic N) is 3. The molecule has 6 heteroatoms. The minimum absolute atomic E-state index is 0.143. The van der Waals surface area contributed by atoms with Crippen molar-refractivity contribution in [2.24, 2.45) is 0 Å². The van der Waals surface area contributed by atoms with Crippen molar-refractivity contribution >= 4 is 28.6 Å². The standard InChI is InChI=1S/C14H10BrN3OS/c15-10-7-5-9(6-8-10)13-14(20)16-17-18(13)11-3-1-2-4-12(11)19/h1-8,19-20H. The van der Waals surface area contributed by atoms with Crippen molar-refractivity contribution in [3.05, 3.63) is 53.0 Å². The first-order chi connectivity index (χ1) is 9.66. The zero-order valence-corrected chi connectivity index (χ0v) is 12.7. The number of hydrogen-bond donors (Lipinski definition) is 2. The van der Waals surface area contributed by atoms with Gasteiger partial charge in [-0.3, -0.25) is 0 Å². The number of rotatable bonds is 2. The summed E-state index contributed by atoms with van der Waals surface area (Å²) in [4.78, 5) is 0. The van der Waals surface area contributed by atoms with Gasteiger partial charge in [-0.05, 0) is 24.3 Å². The van der Waals surface area contributed by atoms with Crippen LogP contribution in [-0.4, -0.2) is 20.1 Å². The topological polar surface area (TPSA) is 50.9 Å². The monoisotopic (exact) mass is 347 g/mol. The van der Waals surface area contributed by atoms with Crippen LogP contribution in [0.15, 0.2) is 58.0 Å². The quantitative estimate of drug-likeness (QED) is 0.695. The Balaban J connectivity index is 2.20. The van der Waals surface area contributed by atoms with E-state index in [9.17, 15) is 5.11 Å². The van der Waals surface area contributed by atoms with E-state index in [1.165, 1.54) is 0 Å². The van der Waals surface area contributed by atoms with Gasteiger partial charge in [0.2, 0.25) is 0 Å². The van der Waals surface area contributed by atoms with Crippen LogP contribution in [0, 0.1) is 0 Å². The van der Waals surface area contributed by atoms with E-state index in [1.807, 2.05) is 30.3 Å². The van der Waals surface area contributed by atoms with Gasteiger partial charge in [-0.25, -0.2) is 4.68 Å². The van der Waals surface area contributed by atoms with E-state index < -0.39 is 0 Å². The maximum atomic E-state index is 9.97. The molecule has 0 amide bonds. The second-order valence-corrected chi connectivity index (χ2v) is 5.51. The fraction of sp³-hybridized carbons (Fsp3) is 0. The molecule has 2 aromatic carbocycles. The molecule has 0 atom stereocenters. The molecule has 3 aromatic rings. The number of thiol groups is 1. The summed E-state index contributed by atoms with van der Waals surface area (Å²) in [7, 11) is 0. The molecule has 0 bridgehead atoms. The predicted octanol–water partition coefficient (Wildman–Crippen LogP) is 3.69. The summed E-state index contributed by atoms with van der Waals surface area (Å²) in [6.45, 7) is 0. The van der Waals surface area contributed by atoms with Crippen LogP contribution in [0.5, 0.6) is 5.75 Å². The minimum atomic E-state index is 0.143. The van der Waals surface area contributed by atoms with Gasteiger partial charge in [0.15, 0.2) is 0 Å². The van der Waals surface area contributed by atoms with Crippen molar-refractivity contribution < 1.29 is 5.11 Å². The molecule has 1 aromatic heterocycles. The normalized spacial score (nSPS) is 10.7. The molecular weight excluding hydrogens is 338 g/mol. The maximum Gasteiger partial charge on any atom is 0.144 e. The third-order valence-corrected chi connectivity index (χ3v) is 3.71. The lowest BCUT2D eigenvalue weighted by molar-refractivity contribution is 0.470. The third kappa shape index (κ3) is 2.32. The van der Waals surface area contributed by atoms with E-state index in [4.69, 9.17) is 0 Å². The average molecular weight is 348 g/mol. The molecule has 0 fully saturated rings. The van der Waals surface area contributed by atoms with Crippen LogP contribution in [0.2, 0.25) is 0 Å². The highest BCUT2D eigenvalue weighted by atomic mass is 79.9. The third-order valence-electron chi connectivity index (χ3n) is 2.88. The van der Waals surface area contributed by atoms with Gasteiger partial charge in [0.05, 0.1) is 0 Å². The van der Waals surface area contributed by atoms with Crippen LogP contribution < -0.4 is 0 Å². The number of para-hydroxylation sites is 2. The Morgan fingerprint density at radius 2 is 1.75 bits per heavy atom. The molecule has 20 heavy (non-hydrogen) atoms. The lowest BCUT2D eigenvalue weighted by Crippen LogP contribution is -1.99. The number of phenols is 1. The second-order valence-electron chi connectivity index (χ2n) is 4.17. The molecule has 0 aliphatic carbocycles. The van der Waals surface area contributed by atoms with Crippen LogP contribution in [0.1, 0.15) is 0 Å². The number of hydrogen-bond acceptors (Lipinski definition) is 4. The maximum absolute atomic E-state index is 9.97. The largest absolute Gasteiger partial charge is 0.506 e. The Morgan fingerprint density at radius 1 is 1.05 bits per heavy atom. The summed E-state index contributed by atoms with van der Waals surface area (Å²) in [6, 6.07) is 14.7. The van der Waals surface area contributed by atoms with Crippen LogP contribution in [-0.2, 0) is 0 Å². The summed E-state index contributed by atoms with van der Waals surface area (Å²) in [6.07, 6.45) is 0. The van der Waals surface area contributed by atoms with E-state index in [0.717, 1.165) is 15.7 Å². The molecule has 3 rings (SSSR count). The minimum Gasteiger partial charge on any atom is -0.506 e. The molecule has 0 unspecified atom stereocenters. The number of halogens is 1. The van der Waals surface area contributed by atoms with Gasteiger partial charge < -0.3 is 5.11 Å². The van der Waals surface area contributed by atoms with Crippen LogP contribution in [0.25, 0.3) is 16.9 Å². The van der Waals surface area contributed by atoms with Crippen molar-refractivity contribution in [1.29, 1.82) is 0 Å². The Morgan fingerprint density at radius 3 is 2.45 bits per heavy atom. The number of aromatic hydroxyl groups is 1. The molecule has 0 spiro atoms. The van der Waals surface area contributed by atoms with Gasteiger partial charge in [0, 0.05) is 10.0 Å².